The first kappa shape index (κ1) is 19.1. The molecule has 0 atom stereocenters. The fourth-order valence-electron chi connectivity index (χ4n) is 1.39. The molecule has 2 rings (SSSR count). The summed E-state index contributed by atoms with van der Waals surface area (Å²) in [5.41, 5.74) is 13.2. The molecule has 0 unspecified atom stereocenters. The maximum atomic E-state index is 5.74. The van der Waals surface area contributed by atoms with Crippen LogP contribution in [0, 0.1) is 0 Å². The molecule has 4 nitrogen and oxygen atoms in total. The van der Waals surface area contributed by atoms with Gasteiger partial charge < -0.3 is 11.5 Å². The molecule has 0 spiro atoms. The first-order chi connectivity index (χ1) is 7.25. The first-order valence-electron chi connectivity index (χ1n) is 4.66. The van der Waals surface area contributed by atoms with Crippen molar-refractivity contribution in [3.05, 3.63) is 47.7 Å². The summed E-state index contributed by atoms with van der Waals surface area (Å²) in [5.74, 6) is 0.663. The highest BCUT2D eigenvalue weighted by atomic mass is 35.5. The summed E-state index contributed by atoms with van der Waals surface area (Å²) in [4.78, 5) is 7.84. The average Bonchev–Trinajstić information content (AvgIpc) is 2.24. The number of anilines is 2. The van der Waals surface area contributed by atoms with Crippen LogP contribution in [0.15, 0.2) is 36.5 Å². The van der Waals surface area contributed by atoms with Crippen molar-refractivity contribution in [2.45, 2.75) is 6.42 Å². The van der Waals surface area contributed by atoms with Crippen LogP contribution >= 0.6 is 37.2 Å². The van der Waals surface area contributed by atoms with Gasteiger partial charge in [0.1, 0.15) is 5.82 Å². The van der Waals surface area contributed by atoms with Gasteiger partial charge in [-0.1, -0.05) is 30.3 Å². The van der Waals surface area contributed by atoms with Crippen LogP contribution in [0.1, 0.15) is 11.1 Å². The molecule has 0 aliphatic rings. The van der Waals surface area contributed by atoms with Crippen molar-refractivity contribution in [3.8, 4) is 0 Å². The second kappa shape index (κ2) is 8.80. The van der Waals surface area contributed by atoms with Crippen molar-refractivity contribution in [1.29, 1.82) is 0 Å². The third-order valence-electron chi connectivity index (χ3n) is 2.15. The van der Waals surface area contributed by atoms with Gasteiger partial charge in [-0.25, -0.2) is 4.98 Å². The molecule has 2 aromatic rings. The lowest BCUT2D eigenvalue weighted by Crippen LogP contribution is -2.03. The fourth-order valence-corrected chi connectivity index (χ4v) is 1.39. The van der Waals surface area contributed by atoms with Crippen molar-refractivity contribution >= 4 is 49.0 Å². The lowest BCUT2D eigenvalue weighted by Gasteiger charge is -2.04. The van der Waals surface area contributed by atoms with Gasteiger partial charge in [0.15, 0.2) is 0 Å². The highest BCUT2D eigenvalue weighted by Crippen LogP contribution is 2.13. The summed E-state index contributed by atoms with van der Waals surface area (Å²) in [6.45, 7) is 0. The molecule has 0 saturated heterocycles. The summed E-state index contributed by atoms with van der Waals surface area (Å²) in [6, 6.07) is 10.0. The molecule has 1 aromatic heterocycles. The van der Waals surface area contributed by atoms with Gasteiger partial charge in [0.2, 0.25) is 5.95 Å². The number of nitrogens with zero attached hydrogens (tertiary/aromatic N) is 2. The Bertz CT molecular complexity index is 465. The third-order valence-corrected chi connectivity index (χ3v) is 2.15. The smallest absolute Gasteiger partial charge is 0.221 e. The molecule has 0 aliphatic heterocycles. The zero-order chi connectivity index (χ0) is 10.7. The molecular weight excluding hydrogens is 295 g/mol. The minimum absolute atomic E-state index is 0. The monoisotopic (exact) mass is 308 g/mol. The number of rotatable bonds is 2. The van der Waals surface area contributed by atoms with Crippen molar-refractivity contribution in [3.63, 3.8) is 0 Å². The molecule has 18 heavy (non-hydrogen) atoms. The Hall–Kier alpha value is -1.23. The lowest BCUT2D eigenvalue weighted by atomic mass is 10.1. The van der Waals surface area contributed by atoms with Crippen LogP contribution in [0.5, 0.6) is 0 Å². The van der Waals surface area contributed by atoms with Crippen molar-refractivity contribution in [2.24, 2.45) is 0 Å². The standard InChI is InChI=1S/C11H12N4.3ClH/c12-10-9(7-14-11(13)15-10)6-8-4-2-1-3-5-8;;;/h1-5,7H,6H2,(H4,12,13,14,15);3*1H. The fraction of sp³-hybridized carbons (Fsp3) is 0.0909. The van der Waals surface area contributed by atoms with Crippen molar-refractivity contribution < 1.29 is 0 Å². The zero-order valence-corrected chi connectivity index (χ0v) is 11.9. The lowest BCUT2D eigenvalue weighted by molar-refractivity contribution is 1.09. The van der Waals surface area contributed by atoms with Gasteiger partial charge in [0.25, 0.3) is 0 Å². The molecular formula is C11H15Cl3N4. The van der Waals surface area contributed by atoms with E-state index >= 15 is 0 Å². The van der Waals surface area contributed by atoms with E-state index in [-0.39, 0.29) is 43.2 Å². The molecule has 4 N–H and O–H groups in total. The van der Waals surface area contributed by atoms with Crippen LogP contribution in [0.4, 0.5) is 11.8 Å². The molecule has 0 fully saturated rings. The normalized spacial score (nSPS) is 8.44. The number of benzene rings is 1. The van der Waals surface area contributed by atoms with E-state index in [2.05, 4.69) is 9.97 Å². The summed E-state index contributed by atoms with van der Waals surface area (Å²) in [7, 11) is 0. The molecule has 1 heterocycles. The number of nitrogen functional groups attached to an aromatic ring is 2. The van der Waals surface area contributed by atoms with Crippen LogP contribution in [0.25, 0.3) is 0 Å². The Morgan fingerprint density at radius 3 is 2.11 bits per heavy atom. The van der Waals surface area contributed by atoms with Gasteiger partial charge in [0.05, 0.1) is 0 Å². The van der Waals surface area contributed by atoms with Gasteiger partial charge in [-0.05, 0) is 5.56 Å². The second-order valence-corrected chi connectivity index (χ2v) is 3.30. The summed E-state index contributed by atoms with van der Waals surface area (Å²) >= 11 is 0. The number of hydrogen-bond donors (Lipinski definition) is 2. The molecule has 1 aromatic carbocycles. The first-order valence-corrected chi connectivity index (χ1v) is 4.66. The molecule has 0 radical (unpaired) electrons. The van der Waals surface area contributed by atoms with Gasteiger partial charge >= 0.3 is 0 Å². The zero-order valence-electron chi connectivity index (χ0n) is 9.45. The minimum Gasteiger partial charge on any atom is -0.383 e. The number of nitrogens with two attached hydrogens (primary N) is 2. The number of hydrogen-bond acceptors (Lipinski definition) is 4. The van der Waals surface area contributed by atoms with Crippen LogP contribution in [-0.2, 0) is 6.42 Å². The quantitative estimate of drug-likeness (QED) is 0.893. The third kappa shape index (κ3) is 4.96. The SMILES string of the molecule is Cl.Cl.Cl.Nc1ncc(Cc2ccccc2)c(N)n1. The Labute approximate surface area is 124 Å². The van der Waals surface area contributed by atoms with Crippen LogP contribution in [-0.4, -0.2) is 9.97 Å². The molecule has 100 valence electrons. The largest absolute Gasteiger partial charge is 0.383 e. The topological polar surface area (TPSA) is 77.8 Å². The van der Waals surface area contributed by atoms with E-state index in [1.54, 1.807) is 6.20 Å². The van der Waals surface area contributed by atoms with Crippen LogP contribution in [0.2, 0.25) is 0 Å². The van der Waals surface area contributed by atoms with Gasteiger partial charge in [-0.2, -0.15) is 4.98 Å². The Morgan fingerprint density at radius 2 is 1.56 bits per heavy atom. The molecule has 7 heteroatoms. The predicted molar refractivity (Wildman–Crippen MR) is 81.8 cm³/mol. The Balaban J connectivity index is 0. The van der Waals surface area contributed by atoms with E-state index in [0.717, 1.165) is 12.0 Å². The highest BCUT2D eigenvalue weighted by molar-refractivity contribution is 5.86. The molecule has 0 saturated carbocycles. The maximum absolute atomic E-state index is 5.74. The maximum Gasteiger partial charge on any atom is 0.221 e. The predicted octanol–water partition coefficient (Wildman–Crippen LogP) is 2.50. The summed E-state index contributed by atoms with van der Waals surface area (Å²) in [6.07, 6.45) is 2.40. The highest BCUT2D eigenvalue weighted by Gasteiger charge is 2.02. The van der Waals surface area contributed by atoms with Crippen LogP contribution < -0.4 is 11.5 Å². The molecule has 0 aliphatic carbocycles. The van der Waals surface area contributed by atoms with Gasteiger partial charge in [-0.15, -0.1) is 37.2 Å². The molecule has 0 amide bonds. The van der Waals surface area contributed by atoms with Crippen molar-refractivity contribution in [1.82, 2.24) is 9.97 Å². The van der Waals surface area contributed by atoms with Crippen LogP contribution in [0.3, 0.4) is 0 Å². The van der Waals surface area contributed by atoms with E-state index in [1.807, 2.05) is 30.3 Å². The van der Waals surface area contributed by atoms with E-state index in [4.69, 9.17) is 11.5 Å². The Kier molecular flexibility index (Phi) is 9.35. The Morgan fingerprint density at radius 1 is 0.944 bits per heavy atom. The van der Waals surface area contributed by atoms with E-state index in [0.29, 0.717) is 5.82 Å². The van der Waals surface area contributed by atoms with E-state index in [1.165, 1.54) is 5.56 Å². The summed E-state index contributed by atoms with van der Waals surface area (Å²) < 4.78 is 0. The average molecular weight is 310 g/mol. The number of aromatic nitrogens is 2. The van der Waals surface area contributed by atoms with E-state index < -0.39 is 0 Å². The minimum atomic E-state index is 0. The van der Waals surface area contributed by atoms with E-state index in [9.17, 15) is 0 Å². The summed E-state index contributed by atoms with van der Waals surface area (Å²) in [5, 5.41) is 0. The van der Waals surface area contributed by atoms with Crippen molar-refractivity contribution in [2.75, 3.05) is 11.5 Å². The molecule has 0 bridgehead atoms. The number of halogens is 3. The van der Waals surface area contributed by atoms with Gasteiger partial charge in [0, 0.05) is 18.2 Å². The van der Waals surface area contributed by atoms with Gasteiger partial charge in [-0.3, -0.25) is 0 Å². The second-order valence-electron chi connectivity index (χ2n) is 3.30.